The second-order valence-corrected chi connectivity index (χ2v) is 3.84. The topological polar surface area (TPSA) is 46.7 Å². The van der Waals surface area contributed by atoms with Crippen LogP contribution in [-0.4, -0.2) is 23.3 Å². The summed E-state index contributed by atoms with van der Waals surface area (Å²) in [4.78, 5) is 23.6. The van der Waals surface area contributed by atoms with Crippen molar-refractivity contribution in [2.24, 2.45) is 0 Å². The Balaban J connectivity index is 2.27. The third-order valence-corrected chi connectivity index (χ3v) is 2.93. The molecule has 14 heavy (non-hydrogen) atoms. The molecule has 3 nitrogen and oxygen atoms in total. The number of fused-ring (bicyclic) bond motifs is 2. The van der Waals surface area contributed by atoms with Gasteiger partial charge < -0.3 is 4.74 Å². The van der Waals surface area contributed by atoms with E-state index >= 15 is 0 Å². The van der Waals surface area contributed by atoms with Crippen molar-refractivity contribution in [3.63, 3.8) is 0 Å². The van der Waals surface area contributed by atoms with E-state index in [1.165, 1.54) is 0 Å². The zero-order valence-electron chi connectivity index (χ0n) is 7.61. The molecule has 1 aromatic rings. The van der Waals surface area contributed by atoms with Crippen molar-refractivity contribution in [2.75, 3.05) is 0 Å². The third-order valence-electron chi connectivity index (χ3n) is 2.93. The van der Waals surface area contributed by atoms with E-state index in [9.17, 15) is 9.59 Å². The Morgan fingerprint density at radius 1 is 1.21 bits per heavy atom. The molecule has 2 atom stereocenters. The number of Topliss-reactive ketones (excluding diaryl/α,β-unsaturated/α-hetero) is 2. The van der Waals surface area contributed by atoms with E-state index in [1.54, 1.807) is 31.2 Å². The normalized spacial score (nSPS) is 33.6. The summed E-state index contributed by atoms with van der Waals surface area (Å²) >= 11 is 0. The molecular formula is C11H8O3. The van der Waals surface area contributed by atoms with Gasteiger partial charge in [0.2, 0.25) is 0 Å². The average Bonchev–Trinajstić information content (AvgIpc) is 2.89. The van der Waals surface area contributed by atoms with Gasteiger partial charge in [0, 0.05) is 11.1 Å². The molecule has 1 heterocycles. The maximum Gasteiger partial charge on any atom is 0.198 e. The van der Waals surface area contributed by atoms with Crippen molar-refractivity contribution in [3.05, 3.63) is 35.4 Å². The highest BCUT2D eigenvalue weighted by Gasteiger charge is 2.65. The summed E-state index contributed by atoms with van der Waals surface area (Å²) in [6, 6.07) is 6.88. The maximum atomic E-state index is 11.8. The monoisotopic (exact) mass is 188 g/mol. The number of rotatable bonds is 0. The fraction of sp³-hybridized carbons (Fsp3) is 0.273. The number of carbonyl (C=O) groups excluding carboxylic acids is 2. The van der Waals surface area contributed by atoms with Gasteiger partial charge in [-0.15, -0.1) is 0 Å². The molecular weight excluding hydrogens is 180 g/mol. The first-order valence-electron chi connectivity index (χ1n) is 4.50. The van der Waals surface area contributed by atoms with E-state index in [0.717, 1.165) is 0 Å². The lowest BCUT2D eigenvalue weighted by Gasteiger charge is -2.14. The zero-order valence-corrected chi connectivity index (χ0v) is 7.61. The van der Waals surface area contributed by atoms with Gasteiger partial charge >= 0.3 is 0 Å². The van der Waals surface area contributed by atoms with Crippen LogP contribution in [0.5, 0.6) is 0 Å². The first-order chi connectivity index (χ1) is 6.64. The smallest absolute Gasteiger partial charge is 0.198 e. The predicted molar refractivity (Wildman–Crippen MR) is 48.4 cm³/mol. The summed E-state index contributed by atoms with van der Waals surface area (Å²) in [5, 5.41) is 0. The fourth-order valence-electron chi connectivity index (χ4n) is 1.99. The first kappa shape index (κ1) is 7.88. The number of hydrogen-bond donors (Lipinski definition) is 0. The molecule has 0 N–H and O–H groups in total. The molecule has 70 valence electrons. The molecule has 0 aromatic heterocycles. The van der Waals surface area contributed by atoms with Gasteiger partial charge in [-0.25, -0.2) is 0 Å². The number of ketones is 2. The number of hydrogen-bond acceptors (Lipinski definition) is 3. The maximum absolute atomic E-state index is 11.8. The van der Waals surface area contributed by atoms with Crippen LogP contribution in [0.3, 0.4) is 0 Å². The van der Waals surface area contributed by atoms with E-state index in [2.05, 4.69) is 0 Å². The molecule has 3 heteroatoms. The molecule has 0 amide bonds. The predicted octanol–water partition coefficient (Wildman–Crippen LogP) is 1.22. The molecule has 0 spiro atoms. The van der Waals surface area contributed by atoms with Crippen LogP contribution in [0.1, 0.15) is 27.6 Å². The highest BCUT2D eigenvalue weighted by atomic mass is 16.6. The lowest BCUT2D eigenvalue weighted by Crippen LogP contribution is -2.34. The summed E-state index contributed by atoms with van der Waals surface area (Å²) in [6.07, 6.45) is -0.537. The third kappa shape index (κ3) is 0.715. The summed E-state index contributed by atoms with van der Waals surface area (Å²) in [5.41, 5.74) is 0.122. The van der Waals surface area contributed by atoms with Crippen LogP contribution >= 0.6 is 0 Å². The minimum atomic E-state index is -0.870. The van der Waals surface area contributed by atoms with E-state index < -0.39 is 11.7 Å². The number of carbonyl (C=O) groups is 2. The standard InChI is InChI=1S/C11H8O3/c1-11-9(13)7-5-3-2-4-6(7)8(12)10(11)14-11/h2-5,10H,1H3. The average molecular weight is 188 g/mol. The summed E-state index contributed by atoms with van der Waals surface area (Å²) in [7, 11) is 0. The van der Waals surface area contributed by atoms with Gasteiger partial charge in [-0.3, -0.25) is 9.59 Å². The minimum Gasteiger partial charge on any atom is -0.349 e. The van der Waals surface area contributed by atoms with Crippen LogP contribution in [-0.2, 0) is 4.74 Å². The van der Waals surface area contributed by atoms with Crippen LogP contribution < -0.4 is 0 Å². The Morgan fingerprint density at radius 2 is 1.86 bits per heavy atom. The lowest BCUT2D eigenvalue weighted by atomic mass is 9.83. The fourth-order valence-corrected chi connectivity index (χ4v) is 1.99. The van der Waals surface area contributed by atoms with Crippen molar-refractivity contribution in [1.29, 1.82) is 0 Å². The Hall–Kier alpha value is -1.48. The minimum absolute atomic E-state index is 0.0669. The summed E-state index contributed by atoms with van der Waals surface area (Å²) in [5.74, 6) is -0.139. The van der Waals surface area contributed by atoms with Crippen molar-refractivity contribution >= 4 is 11.6 Å². The lowest BCUT2D eigenvalue weighted by molar-refractivity contribution is 0.0874. The van der Waals surface area contributed by atoms with Crippen LogP contribution in [0, 0.1) is 0 Å². The van der Waals surface area contributed by atoms with Crippen molar-refractivity contribution in [2.45, 2.75) is 18.6 Å². The Labute approximate surface area is 80.7 Å². The second-order valence-electron chi connectivity index (χ2n) is 3.84. The quantitative estimate of drug-likeness (QED) is 0.575. The van der Waals surface area contributed by atoms with Gasteiger partial charge in [0.25, 0.3) is 0 Å². The van der Waals surface area contributed by atoms with E-state index in [0.29, 0.717) is 11.1 Å². The van der Waals surface area contributed by atoms with Crippen LogP contribution in [0.4, 0.5) is 0 Å². The molecule has 1 fully saturated rings. The Kier molecular flexibility index (Phi) is 1.19. The second kappa shape index (κ2) is 2.12. The molecule has 1 aromatic carbocycles. The van der Waals surface area contributed by atoms with Crippen LogP contribution in [0.15, 0.2) is 24.3 Å². The highest BCUT2D eigenvalue weighted by Crippen LogP contribution is 2.45. The molecule has 1 saturated heterocycles. The van der Waals surface area contributed by atoms with Gasteiger partial charge in [-0.2, -0.15) is 0 Å². The van der Waals surface area contributed by atoms with Gasteiger partial charge in [0.15, 0.2) is 23.3 Å². The zero-order chi connectivity index (χ0) is 9.92. The van der Waals surface area contributed by atoms with Gasteiger partial charge in [0.1, 0.15) is 0 Å². The molecule has 0 saturated carbocycles. The molecule has 1 aliphatic carbocycles. The van der Waals surface area contributed by atoms with E-state index in [-0.39, 0.29) is 11.6 Å². The van der Waals surface area contributed by atoms with E-state index in [1.807, 2.05) is 0 Å². The summed E-state index contributed by atoms with van der Waals surface area (Å²) < 4.78 is 5.17. The number of epoxide rings is 1. The molecule has 2 aliphatic rings. The molecule has 0 bridgehead atoms. The Bertz CT molecular complexity index is 463. The number of benzene rings is 1. The van der Waals surface area contributed by atoms with Gasteiger partial charge in [0.05, 0.1) is 0 Å². The van der Waals surface area contributed by atoms with Crippen molar-refractivity contribution in [3.8, 4) is 0 Å². The molecule has 3 rings (SSSR count). The van der Waals surface area contributed by atoms with Crippen molar-refractivity contribution in [1.82, 2.24) is 0 Å². The Morgan fingerprint density at radius 3 is 2.57 bits per heavy atom. The van der Waals surface area contributed by atoms with Gasteiger partial charge in [-0.1, -0.05) is 24.3 Å². The van der Waals surface area contributed by atoms with Crippen LogP contribution in [0.2, 0.25) is 0 Å². The van der Waals surface area contributed by atoms with E-state index in [4.69, 9.17) is 4.74 Å². The largest absolute Gasteiger partial charge is 0.349 e. The molecule has 1 aliphatic heterocycles. The van der Waals surface area contributed by atoms with Crippen LogP contribution in [0.25, 0.3) is 0 Å². The first-order valence-corrected chi connectivity index (χ1v) is 4.50. The number of ether oxygens (including phenoxy) is 1. The summed E-state index contributed by atoms with van der Waals surface area (Å²) in [6.45, 7) is 1.67. The molecule has 2 unspecified atom stereocenters. The van der Waals surface area contributed by atoms with Crippen molar-refractivity contribution < 1.29 is 14.3 Å². The highest BCUT2D eigenvalue weighted by molar-refractivity contribution is 6.22. The molecule has 0 radical (unpaired) electrons. The SMILES string of the molecule is CC12OC1C(=O)c1ccccc1C2=O. The van der Waals surface area contributed by atoms with Gasteiger partial charge in [-0.05, 0) is 6.92 Å².